The second-order valence-corrected chi connectivity index (χ2v) is 9.03. The summed E-state index contributed by atoms with van der Waals surface area (Å²) >= 11 is 0. The van der Waals surface area contributed by atoms with E-state index in [0.717, 1.165) is 67.2 Å². The lowest BCUT2D eigenvalue weighted by Crippen LogP contribution is -2.50. The third kappa shape index (κ3) is 6.69. The molecule has 9 nitrogen and oxygen atoms in total. The molecule has 0 aliphatic carbocycles. The lowest BCUT2D eigenvalue weighted by molar-refractivity contribution is 0.0625. The average molecular weight is 501 g/mol. The minimum atomic E-state index is 0.0503. The Balaban J connectivity index is 0.00000156. The van der Waals surface area contributed by atoms with Gasteiger partial charge in [-0.25, -0.2) is 9.97 Å². The number of carbonyl (C=O) groups excluding carboxylic acids is 1. The molecule has 5 rings (SSSR count). The molecule has 1 amide bonds. The number of piperazine rings is 1. The summed E-state index contributed by atoms with van der Waals surface area (Å²) in [6.45, 7) is 9.38. The molecule has 1 saturated heterocycles. The Labute approximate surface area is 218 Å². The van der Waals surface area contributed by atoms with Crippen LogP contribution in [0.2, 0.25) is 0 Å². The molecule has 3 aromatic heterocycles. The van der Waals surface area contributed by atoms with Crippen LogP contribution in [0, 0.1) is 0 Å². The Hall–Kier alpha value is -3.82. The first kappa shape index (κ1) is 26.2. The number of amides is 1. The standard InChI is InChI=1S/C26H30N8O.C2H6/c1-32(2)11-12-33-13-15-34(16-14-33)25(35)24-18-19-17-20(6-7-21(19)30-24)29-26-28-10-8-23(31-26)22-5-3-4-9-27-22;1-2/h3-10,17-18,30H,11-16H2,1-2H3,(H,28,29,31);1-2H3. The van der Waals surface area contributed by atoms with E-state index >= 15 is 0 Å². The van der Waals surface area contributed by atoms with Crippen LogP contribution in [0.3, 0.4) is 0 Å². The van der Waals surface area contributed by atoms with Crippen LogP contribution in [0.25, 0.3) is 22.3 Å². The number of nitrogens with zero attached hydrogens (tertiary/aromatic N) is 6. The van der Waals surface area contributed by atoms with Crippen molar-refractivity contribution in [2.45, 2.75) is 13.8 Å². The number of rotatable bonds is 7. The van der Waals surface area contributed by atoms with Crippen molar-refractivity contribution in [3.05, 3.63) is 66.6 Å². The molecule has 9 heteroatoms. The Morgan fingerprint density at radius 2 is 1.78 bits per heavy atom. The Kier molecular flexibility index (Phi) is 8.81. The van der Waals surface area contributed by atoms with Crippen LogP contribution in [0.5, 0.6) is 0 Å². The molecule has 4 aromatic rings. The van der Waals surface area contributed by atoms with E-state index in [9.17, 15) is 4.79 Å². The minimum Gasteiger partial charge on any atom is -0.351 e. The zero-order valence-corrected chi connectivity index (χ0v) is 22.1. The molecule has 1 aromatic carbocycles. The normalized spacial score (nSPS) is 13.9. The summed E-state index contributed by atoms with van der Waals surface area (Å²) in [4.78, 5) is 36.2. The second kappa shape index (κ2) is 12.4. The minimum absolute atomic E-state index is 0.0503. The number of nitrogens with one attached hydrogen (secondary N) is 2. The van der Waals surface area contributed by atoms with Crippen LogP contribution < -0.4 is 5.32 Å². The summed E-state index contributed by atoms with van der Waals surface area (Å²) in [6.07, 6.45) is 3.46. The fourth-order valence-electron chi connectivity index (χ4n) is 4.22. The summed E-state index contributed by atoms with van der Waals surface area (Å²) < 4.78 is 0. The van der Waals surface area contributed by atoms with Crippen LogP contribution in [-0.2, 0) is 0 Å². The molecule has 0 unspecified atom stereocenters. The first-order valence-corrected chi connectivity index (χ1v) is 12.9. The third-order valence-corrected chi connectivity index (χ3v) is 6.21. The zero-order chi connectivity index (χ0) is 26.2. The maximum absolute atomic E-state index is 13.1. The molecule has 0 bridgehead atoms. The van der Waals surface area contributed by atoms with Crippen LogP contribution >= 0.6 is 0 Å². The monoisotopic (exact) mass is 500 g/mol. The summed E-state index contributed by atoms with van der Waals surface area (Å²) in [6, 6.07) is 15.4. The van der Waals surface area contributed by atoms with Crippen molar-refractivity contribution in [1.29, 1.82) is 0 Å². The van der Waals surface area contributed by atoms with Gasteiger partial charge in [0.1, 0.15) is 5.69 Å². The number of aromatic amines is 1. The van der Waals surface area contributed by atoms with Gasteiger partial charge in [-0.05, 0) is 56.6 Å². The van der Waals surface area contributed by atoms with Gasteiger partial charge in [0.15, 0.2) is 0 Å². The maximum Gasteiger partial charge on any atom is 0.270 e. The first-order chi connectivity index (χ1) is 18.0. The van der Waals surface area contributed by atoms with Crippen molar-refractivity contribution in [3.8, 4) is 11.4 Å². The fraction of sp³-hybridized carbons (Fsp3) is 0.357. The molecule has 0 spiro atoms. The summed E-state index contributed by atoms with van der Waals surface area (Å²) in [5.74, 6) is 0.542. The number of benzene rings is 1. The molecule has 0 radical (unpaired) electrons. The van der Waals surface area contributed by atoms with E-state index in [4.69, 9.17) is 0 Å². The highest BCUT2D eigenvalue weighted by Crippen LogP contribution is 2.24. The number of aromatic nitrogens is 4. The summed E-state index contributed by atoms with van der Waals surface area (Å²) in [5, 5.41) is 4.23. The molecule has 0 atom stereocenters. The van der Waals surface area contributed by atoms with Crippen molar-refractivity contribution in [3.63, 3.8) is 0 Å². The molecule has 1 fully saturated rings. The maximum atomic E-state index is 13.1. The van der Waals surface area contributed by atoms with Gasteiger partial charge < -0.3 is 20.1 Å². The van der Waals surface area contributed by atoms with Gasteiger partial charge in [0.25, 0.3) is 5.91 Å². The van der Waals surface area contributed by atoms with E-state index in [1.165, 1.54) is 0 Å². The van der Waals surface area contributed by atoms with E-state index in [1.807, 2.05) is 67.3 Å². The van der Waals surface area contributed by atoms with E-state index in [1.54, 1.807) is 12.4 Å². The summed E-state index contributed by atoms with van der Waals surface area (Å²) in [7, 11) is 4.17. The molecular weight excluding hydrogens is 464 g/mol. The van der Waals surface area contributed by atoms with Crippen molar-refractivity contribution in [2.24, 2.45) is 0 Å². The van der Waals surface area contributed by atoms with E-state index in [0.29, 0.717) is 11.6 Å². The van der Waals surface area contributed by atoms with Crippen LogP contribution in [0.15, 0.2) is 60.9 Å². The van der Waals surface area contributed by atoms with Gasteiger partial charge in [-0.15, -0.1) is 0 Å². The topological polar surface area (TPSA) is 93.3 Å². The van der Waals surface area contributed by atoms with Gasteiger partial charge in [0, 0.05) is 68.3 Å². The highest BCUT2D eigenvalue weighted by atomic mass is 16.2. The van der Waals surface area contributed by atoms with E-state index < -0.39 is 0 Å². The lowest BCUT2D eigenvalue weighted by atomic mass is 10.2. The predicted octanol–water partition coefficient (Wildman–Crippen LogP) is 4.11. The average Bonchev–Trinajstić information content (AvgIpc) is 3.37. The molecule has 194 valence electrons. The van der Waals surface area contributed by atoms with E-state index in [2.05, 4.69) is 49.1 Å². The number of hydrogen-bond acceptors (Lipinski definition) is 7. The number of anilines is 2. The van der Waals surface area contributed by atoms with Crippen LogP contribution in [0.1, 0.15) is 24.3 Å². The number of carbonyl (C=O) groups is 1. The van der Waals surface area contributed by atoms with E-state index in [-0.39, 0.29) is 5.91 Å². The highest BCUT2D eigenvalue weighted by Gasteiger charge is 2.23. The second-order valence-electron chi connectivity index (χ2n) is 9.03. The van der Waals surface area contributed by atoms with Gasteiger partial charge in [0.05, 0.1) is 11.4 Å². The van der Waals surface area contributed by atoms with Gasteiger partial charge in [-0.3, -0.25) is 14.7 Å². The van der Waals surface area contributed by atoms with Gasteiger partial charge in [0.2, 0.25) is 5.95 Å². The Morgan fingerprint density at radius 1 is 0.973 bits per heavy atom. The van der Waals surface area contributed by atoms with Gasteiger partial charge >= 0.3 is 0 Å². The number of fused-ring (bicyclic) bond motifs is 1. The zero-order valence-electron chi connectivity index (χ0n) is 22.1. The molecule has 4 heterocycles. The van der Waals surface area contributed by atoms with Gasteiger partial charge in [-0.2, -0.15) is 0 Å². The molecule has 37 heavy (non-hydrogen) atoms. The van der Waals surface area contributed by atoms with Crippen LogP contribution in [-0.4, -0.2) is 93.9 Å². The quantitative estimate of drug-likeness (QED) is 0.394. The van der Waals surface area contributed by atoms with Crippen molar-refractivity contribution in [2.75, 3.05) is 58.7 Å². The molecule has 0 saturated carbocycles. The third-order valence-electron chi connectivity index (χ3n) is 6.21. The Bertz CT molecular complexity index is 1300. The molecular formula is C28H36N8O. The number of hydrogen-bond donors (Lipinski definition) is 2. The molecule has 1 aliphatic rings. The van der Waals surface area contributed by atoms with Crippen molar-refractivity contribution < 1.29 is 4.79 Å². The largest absolute Gasteiger partial charge is 0.351 e. The smallest absolute Gasteiger partial charge is 0.270 e. The highest BCUT2D eigenvalue weighted by molar-refractivity contribution is 5.98. The number of pyridine rings is 1. The van der Waals surface area contributed by atoms with Crippen molar-refractivity contribution >= 4 is 28.4 Å². The number of likely N-dealkylation sites (N-methyl/N-ethyl adjacent to an activating group) is 1. The van der Waals surface area contributed by atoms with Crippen molar-refractivity contribution in [1.82, 2.24) is 34.6 Å². The fourth-order valence-corrected chi connectivity index (χ4v) is 4.22. The Morgan fingerprint density at radius 3 is 2.51 bits per heavy atom. The SMILES string of the molecule is CC.CN(C)CCN1CCN(C(=O)c2cc3cc(Nc4nccc(-c5ccccn5)n4)ccc3[nH]2)CC1. The lowest BCUT2D eigenvalue weighted by Gasteiger charge is -2.35. The molecule has 2 N–H and O–H groups in total. The van der Waals surface area contributed by atoms with Gasteiger partial charge in [-0.1, -0.05) is 19.9 Å². The van der Waals surface area contributed by atoms with Crippen LogP contribution in [0.4, 0.5) is 11.6 Å². The molecule has 1 aliphatic heterocycles. The number of H-pyrrole nitrogens is 1. The predicted molar refractivity (Wildman–Crippen MR) is 149 cm³/mol. The first-order valence-electron chi connectivity index (χ1n) is 12.9. The summed E-state index contributed by atoms with van der Waals surface area (Å²) in [5.41, 5.74) is 3.93.